The fourth-order valence-corrected chi connectivity index (χ4v) is 1.92. The number of hydrogen-bond acceptors (Lipinski definition) is 4. The van der Waals surface area contributed by atoms with Crippen molar-refractivity contribution in [1.82, 2.24) is 4.98 Å². The zero-order valence-corrected chi connectivity index (χ0v) is 11.5. The number of hydrazine groups is 1. The molecule has 0 saturated carbocycles. The van der Waals surface area contributed by atoms with Crippen LogP contribution in [0.25, 0.3) is 0 Å². The van der Waals surface area contributed by atoms with Gasteiger partial charge in [-0.05, 0) is 37.6 Å². The van der Waals surface area contributed by atoms with Gasteiger partial charge < -0.3 is 10.7 Å². The SMILES string of the molecule is Cc1ccc(Nc2cc(C(F)(F)F)cc(NN)n2)c(C)c1. The number of halogens is 3. The fourth-order valence-electron chi connectivity index (χ4n) is 1.92. The average Bonchev–Trinajstić information content (AvgIpc) is 2.40. The molecule has 21 heavy (non-hydrogen) atoms. The molecule has 0 radical (unpaired) electrons. The molecule has 1 aromatic heterocycles. The number of rotatable bonds is 3. The standard InChI is InChI=1S/C14H15F3N4/c1-8-3-4-11(9(2)5-8)19-12-6-10(14(15,16)17)7-13(20-12)21-18/h3-7H,18H2,1-2H3,(H2,19,20,21). The summed E-state index contributed by atoms with van der Waals surface area (Å²) in [5.74, 6) is 5.18. The van der Waals surface area contributed by atoms with Gasteiger partial charge in [0.15, 0.2) is 0 Å². The molecule has 2 rings (SSSR count). The first-order valence-electron chi connectivity index (χ1n) is 6.20. The lowest BCUT2D eigenvalue weighted by Crippen LogP contribution is -2.13. The summed E-state index contributed by atoms with van der Waals surface area (Å²) in [4.78, 5) is 3.98. The Morgan fingerprint density at radius 2 is 1.71 bits per heavy atom. The highest BCUT2D eigenvalue weighted by Crippen LogP contribution is 2.32. The van der Waals surface area contributed by atoms with Gasteiger partial charge in [0.25, 0.3) is 0 Å². The Labute approximate surface area is 120 Å². The van der Waals surface area contributed by atoms with E-state index in [0.29, 0.717) is 5.69 Å². The number of hydrogen-bond donors (Lipinski definition) is 3. The van der Waals surface area contributed by atoms with Crippen LogP contribution < -0.4 is 16.6 Å². The minimum absolute atomic E-state index is 0.0583. The van der Waals surface area contributed by atoms with Crippen molar-refractivity contribution in [3.63, 3.8) is 0 Å². The third-order valence-corrected chi connectivity index (χ3v) is 2.95. The van der Waals surface area contributed by atoms with E-state index in [0.717, 1.165) is 23.3 Å². The van der Waals surface area contributed by atoms with Crippen LogP contribution in [0.4, 0.5) is 30.5 Å². The molecule has 0 amide bonds. The first-order chi connectivity index (χ1) is 9.79. The van der Waals surface area contributed by atoms with Gasteiger partial charge in [-0.2, -0.15) is 13.2 Å². The summed E-state index contributed by atoms with van der Waals surface area (Å²) in [5, 5.41) is 2.88. The van der Waals surface area contributed by atoms with Gasteiger partial charge in [0.2, 0.25) is 0 Å². The van der Waals surface area contributed by atoms with Gasteiger partial charge in [-0.1, -0.05) is 17.7 Å². The van der Waals surface area contributed by atoms with Crippen LogP contribution in [0.5, 0.6) is 0 Å². The minimum Gasteiger partial charge on any atom is -0.340 e. The number of anilines is 3. The molecule has 0 atom stereocenters. The molecule has 4 N–H and O–H groups in total. The molecule has 0 fully saturated rings. The molecular formula is C14H15F3N4. The molecule has 112 valence electrons. The van der Waals surface area contributed by atoms with Gasteiger partial charge in [-0.3, -0.25) is 0 Å². The molecule has 0 aliphatic heterocycles. The maximum atomic E-state index is 12.8. The van der Waals surface area contributed by atoms with Crippen LogP contribution in [-0.2, 0) is 6.18 Å². The molecule has 0 saturated heterocycles. The zero-order chi connectivity index (χ0) is 15.6. The molecule has 0 spiro atoms. The Bertz CT molecular complexity index is 653. The van der Waals surface area contributed by atoms with Gasteiger partial charge in [0.05, 0.1) is 5.56 Å². The number of alkyl halides is 3. The quantitative estimate of drug-likeness (QED) is 0.596. The van der Waals surface area contributed by atoms with Crippen LogP contribution in [0.2, 0.25) is 0 Å². The lowest BCUT2D eigenvalue weighted by Gasteiger charge is -2.14. The summed E-state index contributed by atoms with van der Waals surface area (Å²) in [6.45, 7) is 3.81. The van der Waals surface area contributed by atoms with Crippen LogP contribution in [0.15, 0.2) is 30.3 Å². The van der Waals surface area contributed by atoms with E-state index in [1.54, 1.807) is 6.07 Å². The normalized spacial score (nSPS) is 11.3. The van der Waals surface area contributed by atoms with Gasteiger partial charge in [-0.15, -0.1) is 0 Å². The Morgan fingerprint density at radius 1 is 1.05 bits per heavy atom. The Morgan fingerprint density at radius 3 is 2.29 bits per heavy atom. The largest absolute Gasteiger partial charge is 0.416 e. The summed E-state index contributed by atoms with van der Waals surface area (Å²) >= 11 is 0. The van der Waals surface area contributed by atoms with Crippen molar-refractivity contribution >= 4 is 17.3 Å². The Balaban J connectivity index is 2.39. The van der Waals surface area contributed by atoms with E-state index < -0.39 is 11.7 Å². The molecule has 1 heterocycles. The molecule has 0 bridgehead atoms. The summed E-state index contributed by atoms with van der Waals surface area (Å²) in [6, 6.07) is 7.39. The first-order valence-corrected chi connectivity index (χ1v) is 6.20. The Kier molecular flexibility index (Phi) is 4.04. The van der Waals surface area contributed by atoms with Gasteiger partial charge in [0, 0.05) is 5.69 Å². The number of nitrogens with one attached hydrogen (secondary N) is 2. The van der Waals surface area contributed by atoms with E-state index in [4.69, 9.17) is 5.84 Å². The maximum absolute atomic E-state index is 12.8. The summed E-state index contributed by atoms with van der Waals surface area (Å²) in [7, 11) is 0. The lowest BCUT2D eigenvalue weighted by atomic mass is 10.1. The van der Waals surface area contributed by atoms with Crippen molar-refractivity contribution in [3.8, 4) is 0 Å². The van der Waals surface area contributed by atoms with E-state index in [1.807, 2.05) is 26.0 Å². The molecule has 4 nitrogen and oxygen atoms in total. The van der Waals surface area contributed by atoms with Crippen LogP contribution in [0.3, 0.4) is 0 Å². The molecule has 0 aliphatic rings. The third-order valence-electron chi connectivity index (χ3n) is 2.95. The van der Waals surface area contributed by atoms with Crippen molar-refractivity contribution < 1.29 is 13.2 Å². The highest BCUT2D eigenvalue weighted by molar-refractivity contribution is 5.63. The third kappa shape index (κ3) is 3.63. The van der Waals surface area contributed by atoms with Gasteiger partial charge in [-0.25, -0.2) is 10.8 Å². The lowest BCUT2D eigenvalue weighted by molar-refractivity contribution is -0.137. The average molecular weight is 296 g/mol. The van der Waals surface area contributed by atoms with Crippen molar-refractivity contribution in [2.75, 3.05) is 10.7 Å². The number of benzene rings is 1. The zero-order valence-electron chi connectivity index (χ0n) is 11.5. The molecule has 0 aliphatic carbocycles. The maximum Gasteiger partial charge on any atom is 0.416 e. The molecule has 1 aromatic carbocycles. The number of nitrogens with two attached hydrogens (primary N) is 1. The molecular weight excluding hydrogens is 281 g/mol. The highest BCUT2D eigenvalue weighted by Gasteiger charge is 2.31. The van der Waals surface area contributed by atoms with Gasteiger partial charge in [0.1, 0.15) is 11.6 Å². The predicted octanol–water partition coefficient (Wildman–Crippen LogP) is 3.75. The van der Waals surface area contributed by atoms with Crippen LogP contribution in [0.1, 0.15) is 16.7 Å². The number of nitrogens with zero attached hydrogens (tertiary/aromatic N) is 1. The van der Waals surface area contributed by atoms with E-state index >= 15 is 0 Å². The number of pyridine rings is 1. The van der Waals surface area contributed by atoms with Crippen molar-refractivity contribution in [1.29, 1.82) is 0 Å². The Hall–Kier alpha value is -2.28. The van der Waals surface area contributed by atoms with Gasteiger partial charge >= 0.3 is 6.18 Å². The second-order valence-corrected chi connectivity index (χ2v) is 4.71. The highest BCUT2D eigenvalue weighted by atomic mass is 19.4. The van der Waals surface area contributed by atoms with Crippen molar-refractivity contribution in [3.05, 3.63) is 47.0 Å². The number of aryl methyl sites for hydroxylation is 2. The molecule has 2 aromatic rings. The molecule has 0 unspecified atom stereocenters. The van der Waals surface area contributed by atoms with E-state index in [1.165, 1.54) is 0 Å². The number of nitrogen functional groups attached to an aromatic ring is 1. The van der Waals surface area contributed by atoms with Crippen molar-refractivity contribution in [2.45, 2.75) is 20.0 Å². The first kappa shape index (κ1) is 15.1. The second kappa shape index (κ2) is 5.61. The monoisotopic (exact) mass is 296 g/mol. The summed E-state index contributed by atoms with van der Waals surface area (Å²) < 4.78 is 38.5. The van der Waals surface area contributed by atoms with Crippen LogP contribution in [0, 0.1) is 13.8 Å². The second-order valence-electron chi connectivity index (χ2n) is 4.71. The van der Waals surface area contributed by atoms with Crippen LogP contribution >= 0.6 is 0 Å². The van der Waals surface area contributed by atoms with E-state index in [9.17, 15) is 13.2 Å². The van der Waals surface area contributed by atoms with E-state index in [-0.39, 0.29) is 11.6 Å². The van der Waals surface area contributed by atoms with Crippen molar-refractivity contribution in [2.24, 2.45) is 5.84 Å². The number of aromatic nitrogens is 1. The predicted molar refractivity (Wildman–Crippen MR) is 76.2 cm³/mol. The molecule has 7 heteroatoms. The summed E-state index contributed by atoms with van der Waals surface area (Å²) in [6.07, 6.45) is -4.46. The van der Waals surface area contributed by atoms with Crippen LogP contribution in [-0.4, -0.2) is 4.98 Å². The topological polar surface area (TPSA) is 63.0 Å². The summed E-state index contributed by atoms with van der Waals surface area (Å²) in [5.41, 5.74) is 3.99. The minimum atomic E-state index is -4.46. The smallest absolute Gasteiger partial charge is 0.340 e. The van der Waals surface area contributed by atoms with E-state index in [2.05, 4.69) is 15.7 Å². The fraction of sp³-hybridized carbons (Fsp3) is 0.214.